The molecule has 2 atom stereocenters. The van der Waals surface area contributed by atoms with E-state index in [-0.39, 0.29) is 17.7 Å². The molecule has 0 aliphatic rings. The lowest BCUT2D eigenvalue weighted by atomic mass is 10.0. The van der Waals surface area contributed by atoms with E-state index < -0.39 is 6.10 Å². The lowest BCUT2D eigenvalue weighted by Gasteiger charge is -2.20. The summed E-state index contributed by atoms with van der Waals surface area (Å²) in [4.78, 5) is 12.0. The van der Waals surface area contributed by atoms with E-state index >= 15 is 0 Å². The van der Waals surface area contributed by atoms with E-state index in [9.17, 15) is 15.0 Å². The number of amides is 1. The maximum atomic E-state index is 12.0. The second kappa shape index (κ2) is 12.8. The fraction of sp³-hybridized carbons (Fsp3) is 0.667. The van der Waals surface area contributed by atoms with Crippen LogP contribution in [0.1, 0.15) is 89.7 Å². The second-order valence-electron chi connectivity index (χ2n) is 6.97. The van der Waals surface area contributed by atoms with Gasteiger partial charge in [-0.25, -0.2) is 0 Å². The smallest absolute Gasteiger partial charge is 0.220 e. The number of rotatable bonds is 13. The number of aliphatic hydroxyl groups is 1. The number of benzene rings is 1. The van der Waals surface area contributed by atoms with E-state index in [0.29, 0.717) is 12.0 Å². The molecule has 0 radical (unpaired) electrons. The van der Waals surface area contributed by atoms with E-state index in [0.717, 1.165) is 12.8 Å². The average Bonchev–Trinajstić information content (AvgIpc) is 2.60. The summed E-state index contributed by atoms with van der Waals surface area (Å²) in [5.74, 6) is 0.159. The summed E-state index contributed by atoms with van der Waals surface area (Å²) < 4.78 is 0. The van der Waals surface area contributed by atoms with Crippen molar-refractivity contribution in [2.45, 2.75) is 90.2 Å². The number of carbonyl (C=O) groups excluding carboxylic acids is 1. The van der Waals surface area contributed by atoms with E-state index in [2.05, 4.69) is 12.2 Å². The number of nitrogens with one attached hydrogen (secondary N) is 1. The largest absolute Gasteiger partial charge is 0.508 e. The maximum Gasteiger partial charge on any atom is 0.220 e. The molecule has 0 aromatic heterocycles. The van der Waals surface area contributed by atoms with Gasteiger partial charge in [-0.1, -0.05) is 70.4 Å². The summed E-state index contributed by atoms with van der Waals surface area (Å²) in [7, 11) is 0. The van der Waals surface area contributed by atoms with Crippen molar-refractivity contribution in [3.05, 3.63) is 29.8 Å². The third-order valence-electron chi connectivity index (χ3n) is 4.60. The van der Waals surface area contributed by atoms with Gasteiger partial charge in [-0.15, -0.1) is 0 Å². The van der Waals surface area contributed by atoms with Crippen LogP contribution in [0.15, 0.2) is 24.3 Å². The molecule has 0 fully saturated rings. The molecule has 0 aliphatic carbocycles. The molecule has 0 aliphatic heterocycles. The average molecular weight is 350 g/mol. The molecule has 0 bridgehead atoms. The first-order chi connectivity index (χ1) is 12.0. The lowest BCUT2D eigenvalue weighted by molar-refractivity contribution is -0.122. The molecular weight excluding hydrogens is 314 g/mol. The van der Waals surface area contributed by atoms with Crippen molar-refractivity contribution in [2.75, 3.05) is 0 Å². The first-order valence-electron chi connectivity index (χ1n) is 9.81. The zero-order valence-corrected chi connectivity index (χ0v) is 15.8. The van der Waals surface area contributed by atoms with Crippen LogP contribution in [0.25, 0.3) is 0 Å². The molecule has 4 heteroatoms. The Balaban J connectivity index is 2.12. The summed E-state index contributed by atoms with van der Waals surface area (Å²) >= 11 is 0. The molecule has 2 unspecified atom stereocenters. The highest BCUT2D eigenvalue weighted by Gasteiger charge is 2.18. The van der Waals surface area contributed by atoms with Crippen molar-refractivity contribution >= 4 is 5.91 Å². The van der Waals surface area contributed by atoms with E-state index in [4.69, 9.17) is 0 Å². The van der Waals surface area contributed by atoms with Crippen LogP contribution in [0.3, 0.4) is 0 Å². The van der Waals surface area contributed by atoms with Gasteiger partial charge in [-0.05, 0) is 31.0 Å². The quantitative estimate of drug-likeness (QED) is 0.446. The molecule has 4 nitrogen and oxygen atoms in total. The number of aliphatic hydroxyl groups excluding tert-OH is 1. The fourth-order valence-corrected chi connectivity index (χ4v) is 2.96. The van der Waals surface area contributed by atoms with Crippen molar-refractivity contribution in [1.82, 2.24) is 5.32 Å². The van der Waals surface area contributed by atoms with Crippen LogP contribution in [-0.2, 0) is 4.79 Å². The molecule has 1 aromatic carbocycles. The summed E-state index contributed by atoms with van der Waals surface area (Å²) in [5.41, 5.74) is 0.689. The molecular formula is C21H35NO3. The lowest BCUT2D eigenvalue weighted by Crippen LogP contribution is -2.36. The highest BCUT2D eigenvalue weighted by Crippen LogP contribution is 2.19. The molecule has 1 aromatic rings. The number of hydrogen-bond acceptors (Lipinski definition) is 3. The molecule has 25 heavy (non-hydrogen) atoms. The number of hydrogen-bond donors (Lipinski definition) is 3. The first-order valence-corrected chi connectivity index (χ1v) is 9.81. The van der Waals surface area contributed by atoms with Crippen molar-refractivity contribution < 1.29 is 15.0 Å². The Bertz CT molecular complexity index is 473. The number of phenols is 1. The van der Waals surface area contributed by atoms with E-state index in [1.54, 1.807) is 19.1 Å². The molecule has 0 saturated carbocycles. The Hall–Kier alpha value is -1.55. The van der Waals surface area contributed by atoms with Crippen molar-refractivity contribution in [1.29, 1.82) is 0 Å². The predicted octanol–water partition coefficient (Wildman–Crippen LogP) is 4.85. The van der Waals surface area contributed by atoms with E-state index in [1.807, 2.05) is 0 Å². The Morgan fingerprint density at radius 1 is 0.960 bits per heavy atom. The number of aromatic hydroxyl groups is 1. The van der Waals surface area contributed by atoms with Crippen molar-refractivity contribution in [3.63, 3.8) is 0 Å². The van der Waals surface area contributed by atoms with E-state index in [1.165, 1.54) is 57.1 Å². The summed E-state index contributed by atoms with van der Waals surface area (Å²) in [5, 5.41) is 22.4. The van der Waals surface area contributed by atoms with Crippen molar-refractivity contribution in [3.8, 4) is 5.75 Å². The molecule has 0 heterocycles. The summed E-state index contributed by atoms with van der Waals surface area (Å²) in [6, 6.07) is 6.06. The normalized spacial score (nSPS) is 13.4. The zero-order chi connectivity index (χ0) is 18.5. The molecule has 1 rings (SSSR count). The highest BCUT2D eigenvalue weighted by atomic mass is 16.3. The SMILES string of the molecule is CCCCCCCCCCCC(=O)NC(C)C(O)c1ccc(O)cc1. The highest BCUT2D eigenvalue weighted by molar-refractivity contribution is 5.76. The molecule has 3 N–H and O–H groups in total. The zero-order valence-electron chi connectivity index (χ0n) is 15.8. The Morgan fingerprint density at radius 3 is 2.04 bits per heavy atom. The predicted molar refractivity (Wildman–Crippen MR) is 103 cm³/mol. The van der Waals surface area contributed by atoms with Gasteiger partial charge >= 0.3 is 0 Å². The minimum atomic E-state index is -0.771. The van der Waals surface area contributed by atoms with Gasteiger partial charge < -0.3 is 15.5 Å². The van der Waals surface area contributed by atoms with Crippen LogP contribution in [0, 0.1) is 0 Å². The van der Waals surface area contributed by atoms with Gasteiger partial charge in [0.25, 0.3) is 0 Å². The molecule has 0 saturated heterocycles. The molecule has 142 valence electrons. The minimum absolute atomic E-state index is 0.00623. The van der Waals surface area contributed by atoms with Crippen LogP contribution >= 0.6 is 0 Å². The van der Waals surface area contributed by atoms with Crippen LogP contribution < -0.4 is 5.32 Å². The Kier molecular flexibility index (Phi) is 11.0. The second-order valence-corrected chi connectivity index (χ2v) is 6.97. The van der Waals surface area contributed by atoms with Gasteiger partial charge in [0.1, 0.15) is 5.75 Å². The van der Waals surface area contributed by atoms with Crippen LogP contribution in [0.2, 0.25) is 0 Å². The van der Waals surface area contributed by atoms with Gasteiger partial charge in [-0.3, -0.25) is 4.79 Å². The topological polar surface area (TPSA) is 69.6 Å². The maximum absolute atomic E-state index is 12.0. The fourth-order valence-electron chi connectivity index (χ4n) is 2.96. The molecule has 0 spiro atoms. The number of phenolic OH excluding ortho intramolecular Hbond substituents is 1. The monoisotopic (exact) mass is 349 g/mol. The van der Waals surface area contributed by atoms with Crippen LogP contribution in [0.4, 0.5) is 0 Å². The van der Waals surface area contributed by atoms with Crippen molar-refractivity contribution in [2.24, 2.45) is 0 Å². The Labute approximate surface area is 152 Å². The van der Waals surface area contributed by atoms with Crippen LogP contribution in [0.5, 0.6) is 5.75 Å². The minimum Gasteiger partial charge on any atom is -0.508 e. The van der Waals surface area contributed by atoms with Gasteiger partial charge in [0.15, 0.2) is 0 Å². The van der Waals surface area contributed by atoms with Crippen LogP contribution in [-0.4, -0.2) is 22.2 Å². The summed E-state index contributed by atoms with van der Waals surface area (Å²) in [6.07, 6.45) is 10.8. The van der Waals surface area contributed by atoms with Gasteiger partial charge in [0.2, 0.25) is 5.91 Å². The summed E-state index contributed by atoms with van der Waals surface area (Å²) in [6.45, 7) is 4.03. The third kappa shape index (κ3) is 9.49. The third-order valence-corrected chi connectivity index (χ3v) is 4.60. The number of unbranched alkanes of at least 4 members (excludes halogenated alkanes) is 8. The van der Waals surface area contributed by atoms with Gasteiger partial charge in [-0.2, -0.15) is 0 Å². The van der Waals surface area contributed by atoms with Gasteiger partial charge in [0, 0.05) is 6.42 Å². The molecule has 1 amide bonds. The number of carbonyl (C=O) groups is 1. The first kappa shape index (κ1) is 21.5. The van der Waals surface area contributed by atoms with Gasteiger partial charge in [0.05, 0.1) is 12.1 Å². The standard InChI is InChI=1S/C21H35NO3/c1-3-4-5-6-7-8-9-10-11-12-20(24)22-17(2)21(25)18-13-15-19(23)16-14-18/h13-17,21,23,25H,3-12H2,1-2H3,(H,22,24). The Morgan fingerprint density at radius 2 is 1.48 bits per heavy atom.